The second kappa shape index (κ2) is 6.54. The molecule has 0 radical (unpaired) electrons. The molecular formula is C17H19F2N5O3. The summed E-state index contributed by atoms with van der Waals surface area (Å²) in [5, 5.41) is 0. The van der Waals surface area contributed by atoms with Gasteiger partial charge < -0.3 is 15.5 Å². The maximum Gasteiger partial charge on any atom is 0.351 e. The number of alkyl halides is 2. The van der Waals surface area contributed by atoms with Gasteiger partial charge in [-0.25, -0.2) is 13.6 Å². The quantitative estimate of drug-likeness (QED) is 0.804. The highest BCUT2D eigenvalue weighted by Gasteiger charge is 2.52. The van der Waals surface area contributed by atoms with Crippen LogP contribution in [0, 0.1) is 0 Å². The second-order valence-corrected chi connectivity index (χ2v) is 6.93. The number of pyridine rings is 1. The Kier molecular flexibility index (Phi) is 4.31. The molecule has 0 amide bonds. The van der Waals surface area contributed by atoms with Crippen LogP contribution in [0.5, 0.6) is 0 Å². The highest BCUT2D eigenvalue weighted by molar-refractivity contribution is 5.24. The topological polar surface area (TPSA) is 106 Å². The molecule has 2 atom stereocenters. The van der Waals surface area contributed by atoms with Crippen LogP contribution in [-0.2, 0) is 17.7 Å². The minimum absolute atomic E-state index is 0.0286. The van der Waals surface area contributed by atoms with Crippen molar-refractivity contribution >= 4 is 5.82 Å². The molecule has 4 heterocycles. The van der Waals surface area contributed by atoms with Crippen molar-refractivity contribution in [2.75, 3.05) is 18.8 Å². The minimum Gasteiger partial charge on any atom is -0.383 e. The maximum absolute atomic E-state index is 14.5. The number of hydrogen-bond acceptors (Lipinski definition) is 6. The molecule has 1 saturated heterocycles. The largest absolute Gasteiger partial charge is 0.383 e. The van der Waals surface area contributed by atoms with E-state index >= 15 is 0 Å². The van der Waals surface area contributed by atoms with Crippen LogP contribution in [-0.4, -0.2) is 44.6 Å². The van der Waals surface area contributed by atoms with E-state index in [2.05, 4.69) is 9.97 Å². The van der Waals surface area contributed by atoms with E-state index in [0.717, 1.165) is 15.8 Å². The summed E-state index contributed by atoms with van der Waals surface area (Å²) in [6.45, 7) is 1.49. The van der Waals surface area contributed by atoms with Gasteiger partial charge in [0.1, 0.15) is 5.82 Å². The van der Waals surface area contributed by atoms with Crippen LogP contribution in [0.15, 0.2) is 34.0 Å². The Hall–Kier alpha value is -2.59. The Bertz CT molecular complexity index is 974. The van der Waals surface area contributed by atoms with Crippen LogP contribution in [0.4, 0.5) is 14.6 Å². The van der Waals surface area contributed by atoms with Crippen LogP contribution in [0.1, 0.15) is 23.9 Å². The number of nitrogens with two attached hydrogens (primary N) is 1. The third-order valence-corrected chi connectivity index (χ3v) is 4.92. The zero-order valence-corrected chi connectivity index (χ0v) is 14.4. The number of ether oxygens (including phenoxy) is 1. The van der Waals surface area contributed by atoms with Crippen molar-refractivity contribution < 1.29 is 13.5 Å². The van der Waals surface area contributed by atoms with Crippen LogP contribution < -0.4 is 17.0 Å². The van der Waals surface area contributed by atoms with Gasteiger partial charge in [-0.1, -0.05) is 6.07 Å². The van der Waals surface area contributed by atoms with Gasteiger partial charge in [0.2, 0.25) is 11.8 Å². The first-order chi connectivity index (χ1) is 12.8. The summed E-state index contributed by atoms with van der Waals surface area (Å²) in [6.07, 6.45) is -1.09. The summed E-state index contributed by atoms with van der Waals surface area (Å²) in [5.41, 5.74) is 6.26. The molecule has 2 aliphatic heterocycles. The fourth-order valence-electron chi connectivity index (χ4n) is 3.67. The van der Waals surface area contributed by atoms with Gasteiger partial charge in [-0.15, -0.1) is 0 Å². The van der Waals surface area contributed by atoms with Crippen LogP contribution in [0.2, 0.25) is 0 Å². The molecule has 1 fully saturated rings. The molecule has 2 aromatic rings. The van der Waals surface area contributed by atoms with Crippen molar-refractivity contribution in [3.63, 3.8) is 0 Å². The van der Waals surface area contributed by atoms with E-state index in [-0.39, 0.29) is 11.4 Å². The molecular weight excluding hydrogens is 360 g/mol. The highest BCUT2D eigenvalue weighted by Crippen LogP contribution is 2.42. The summed E-state index contributed by atoms with van der Waals surface area (Å²) in [4.78, 5) is 31.6. The monoisotopic (exact) mass is 379 g/mol. The molecule has 4 rings (SSSR count). The summed E-state index contributed by atoms with van der Waals surface area (Å²) < 4.78 is 35.2. The third kappa shape index (κ3) is 3.50. The number of rotatable bonds is 3. The molecule has 0 bridgehead atoms. The number of H-pyrrole nitrogens is 1. The molecule has 0 aromatic carbocycles. The number of anilines is 1. The van der Waals surface area contributed by atoms with Crippen molar-refractivity contribution in [3.05, 3.63) is 56.5 Å². The number of nitrogen functional groups attached to an aromatic ring is 1. The van der Waals surface area contributed by atoms with Gasteiger partial charge in [0.25, 0.3) is 5.92 Å². The van der Waals surface area contributed by atoms with Gasteiger partial charge in [0.15, 0.2) is 0 Å². The molecule has 3 N–H and O–H groups in total. The lowest BCUT2D eigenvalue weighted by Crippen LogP contribution is -2.37. The summed E-state index contributed by atoms with van der Waals surface area (Å²) in [5.74, 6) is -3.22. The molecule has 0 aliphatic carbocycles. The van der Waals surface area contributed by atoms with Crippen molar-refractivity contribution in [3.8, 4) is 0 Å². The molecule has 144 valence electrons. The van der Waals surface area contributed by atoms with Gasteiger partial charge in [0, 0.05) is 50.4 Å². The van der Waals surface area contributed by atoms with E-state index < -0.39 is 30.4 Å². The van der Waals surface area contributed by atoms with Crippen molar-refractivity contribution in [2.24, 2.45) is 0 Å². The number of aromatic amines is 1. The van der Waals surface area contributed by atoms with E-state index in [1.165, 1.54) is 18.3 Å². The lowest BCUT2D eigenvalue weighted by molar-refractivity contribution is -0.119. The Balaban J connectivity index is 1.47. The van der Waals surface area contributed by atoms with Crippen LogP contribution in [0.3, 0.4) is 0 Å². The van der Waals surface area contributed by atoms with E-state index in [9.17, 15) is 18.4 Å². The van der Waals surface area contributed by atoms with E-state index in [0.29, 0.717) is 26.1 Å². The Labute approximate surface area is 152 Å². The normalized spacial score (nSPS) is 24.7. The number of nitrogens with one attached hydrogen (secondary N) is 1. The van der Waals surface area contributed by atoms with Gasteiger partial charge in [-0.2, -0.15) is 4.98 Å². The number of halogens is 2. The molecule has 27 heavy (non-hydrogen) atoms. The lowest BCUT2D eigenvalue weighted by atomic mass is 10.0. The van der Waals surface area contributed by atoms with Crippen molar-refractivity contribution in [2.45, 2.75) is 37.6 Å². The average Bonchev–Trinajstić information content (AvgIpc) is 2.89. The molecule has 2 aromatic heterocycles. The molecule has 2 aliphatic rings. The Morgan fingerprint density at radius 3 is 2.93 bits per heavy atom. The lowest BCUT2D eigenvalue weighted by Gasteiger charge is -2.30. The molecule has 8 nitrogen and oxygen atoms in total. The number of fused-ring (bicyclic) bond motifs is 1. The smallest absolute Gasteiger partial charge is 0.351 e. The van der Waals surface area contributed by atoms with Crippen molar-refractivity contribution in [1.82, 2.24) is 19.4 Å². The van der Waals surface area contributed by atoms with Gasteiger partial charge >= 0.3 is 5.69 Å². The number of nitrogens with zero attached hydrogens (tertiary/aromatic N) is 3. The van der Waals surface area contributed by atoms with Crippen LogP contribution in [0.25, 0.3) is 0 Å². The maximum atomic E-state index is 14.5. The highest BCUT2D eigenvalue weighted by atomic mass is 19.3. The predicted molar refractivity (Wildman–Crippen MR) is 92.4 cm³/mol. The Morgan fingerprint density at radius 2 is 2.15 bits per heavy atom. The molecule has 10 heteroatoms. The van der Waals surface area contributed by atoms with Crippen LogP contribution >= 0.6 is 0 Å². The fourth-order valence-corrected chi connectivity index (χ4v) is 3.67. The molecule has 0 spiro atoms. The van der Waals surface area contributed by atoms with E-state index in [1.54, 1.807) is 6.07 Å². The zero-order valence-electron chi connectivity index (χ0n) is 14.4. The average molecular weight is 379 g/mol. The van der Waals surface area contributed by atoms with Crippen molar-refractivity contribution in [1.29, 1.82) is 0 Å². The number of hydrogen-bond donors (Lipinski definition) is 2. The van der Waals surface area contributed by atoms with E-state index in [1.807, 2.05) is 4.90 Å². The van der Waals surface area contributed by atoms with Gasteiger partial charge in [-0.05, 0) is 11.6 Å². The molecule has 1 unspecified atom stereocenters. The summed E-state index contributed by atoms with van der Waals surface area (Å²) in [6, 6.07) is 4.50. The van der Waals surface area contributed by atoms with E-state index in [4.69, 9.17) is 10.5 Å². The number of aromatic nitrogens is 3. The predicted octanol–water partition coefficient (Wildman–Crippen LogP) is 0.495. The fraction of sp³-hybridized carbons (Fsp3) is 0.471. The Morgan fingerprint density at radius 1 is 1.33 bits per heavy atom. The first-order valence-electron chi connectivity index (χ1n) is 8.63. The zero-order chi connectivity index (χ0) is 19.2. The second-order valence-electron chi connectivity index (χ2n) is 6.93. The summed E-state index contributed by atoms with van der Waals surface area (Å²) in [7, 11) is 0. The first-order valence-corrected chi connectivity index (χ1v) is 8.63. The van der Waals surface area contributed by atoms with Gasteiger partial charge in [-0.3, -0.25) is 14.3 Å². The minimum atomic E-state index is -3.19. The SMILES string of the molecule is Nc1ccn([C@@H]2OC(CN3CCc4[nH]c(=O)ccc4C3)CC2(F)F)c(=O)n1. The summed E-state index contributed by atoms with van der Waals surface area (Å²) >= 11 is 0. The van der Waals surface area contributed by atoms with Gasteiger partial charge in [0.05, 0.1) is 6.10 Å². The third-order valence-electron chi connectivity index (χ3n) is 4.92. The standard InChI is InChI=1S/C17H19F2N5O3/c18-17(19)7-11(27-15(17)24-6-4-13(20)22-16(24)26)9-23-5-3-12-10(8-23)1-2-14(25)21-12/h1-2,4,6,11,15H,3,5,7-9H2,(H,21,25)(H2,20,22,26)/t11?,15-/m1/s1. The molecule has 0 saturated carbocycles. The first kappa shape index (κ1) is 17.8.